The van der Waals surface area contributed by atoms with E-state index in [1.54, 1.807) is 12.1 Å². The van der Waals surface area contributed by atoms with Crippen molar-refractivity contribution in [1.82, 2.24) is 4.31 Å². The summed E-state index contributed by atoms with van der Waals surface area (Å²) in [5.41, 5.74) is 4.84. The second-order valence-corrected chi connectivity index (χ2v) is 10.7. The van der Waals surface area contributed by atoms with Crippen LogP contribution in [0.15, 0.2) is 77.7 Å². The number of hydrogen-bond donors (Lipinski definition) is 2. The lowest BCUT2D eigenvalue weighted by Gasteiger charge is -2.35. The van der Waals surface area contributed by atoms with Gasteiger partial charge >= 0.3 is 0 Å². The highest BCUT2D eigenvalue weighted by Gasteiger charge is 2.29. The summed E-state index contributed by atoms with van der Waals surface area (Å²) in [6.07, 6.45) is 1.88. The molecule has 1 fully saturated rings. The van der Waals surface area contributed by atoms with Gasteiger partial charge in [0.15, 0.2) is 0 Å². The number of fused-ring (bicyclic) bond motifs is 1. The molecule has 8 nitrogen and oxygen atoms in total. The first kappa shape index (κ1) is 23.8. The third-order valence-corrected chi connectivity index (χ3v) is 8.24. The first-order chi connectivity index (χ1) is 17.3. The van der Waals surface area contributed by atoms with Crippen molar-refractivity contribution in [3.8, 4) is 0 Å². The summed E-state index contributed by atoms with van der Waals surface area (Å²) in [5, 5.41) is 5.52. The molecule has 0 saturated carbocycles. The Bertz CT molecular complexity index is 1440. The number of amides is 2. The van der Waals surface area contributed by atoms with Crippen molar-refractivity contribution >= 4 is 50.5 Å². The van der Waals surface area contributed by atoms with Gasteiger partial charge in [-0.15, -0.1) is 0 Å². The number of para-hydroxylation sites is 1. The van der Waals surface area contributed by atoms with Crippen LogP contribution in [0.2, 0.25) is 0 Å². The molecule has 0 unspecified atom stereocenters. The second kappa shape index (κ2) is 9.60. The smallest absolute Gasteiger partial charge is 0.256 e. The zero-order valence-electron chi connectivity index (χ0n) is 19.8. The van der Waals surface area contributed by atoms with Gasteiger partial charge in [0.1, 0.15) is 0 Å². The van der Waals surface area contributed by atoms with E-state index in [1.807, 2.05) is 54.6 Å². The molecule has 0 bridgehead atoms. The van der Waals surface area contributed by atoms with Crippen molar-refractivity contribution < 1.29 is 18.0 Å². The summed E-state index contributed by atoms with van der Waals surface area (Å²) < 4.78 is 27.6. The van der Waals surface area contributed by atoms with Crippen LogP contribution in [0, 0.1) is 0 Å². The van der Waals surface area contributed by atoms with Crippen molar-refractivity contribution in [2.45, 2.75) is 11.8 Å². The summed E-state index contributed by atoms with van der Waals surface area (Å²) in [7, 11) is -3.61. The Morgan fingerprint density at radius 1 is 0.917 bits per heavy atom. The Labute approximate surface area is 210 Å². The van der Waals surface area contributed by atoms with E-state index in [2.05, 4.69) is 15.5 Å². The van der Waals surface area contributed by atoms with Crippen molar-refractivity contribution in [3.05, 3.63) is 83.9 Å². The topological polar surface area (TPSA) is 98.8 Å². The number of nitrogens with one attached hydrogen (secondary N) is 2. The second-order valence-electron chi connectivity index (χ2n) is 8.75. The molecule has 0 radical (unpaired) electrons. The monoisotopic (exact) mass is 502 g/mol. The fourth-order valence-corrected chi connectivity index (χ4v) is 5.90. The van der Waals surface area contributed by atoms with Crippen molar-refractivity contribution in [3.63, 3.8) is 0 Å². The lowest BCUT2D eigenvalue weighted by Crippen LogP contribution is -2.48. The molecule has 1 saturated heterocycles. The van der Waals surface area contributed by atoms with Gasteiger partial charge in [-0.25, -0.2) is 8.42 Å². The van der Waals surface area contributed by atoms with E-state index in [0.717, 1.165) is 22.5 Å². The Morgan fingerprint density at radius 2 is 1.58 bits per heavy atom. The van der Waals surface area contributed by atoms with E-state index in [9.17, 15) is 18.0 Å². The molecule has 0 aliphatic carbocycles. The number of rotatable bonds is 5. The zero-order chi connectivity index (χ0) is 25.3. The van der Waals surface area contributed by atoms with Gasteiger partial charge in [-0.1, -0.05) is 30.3 Å². The summed E-state index contributed by atoms with van der Waals surface area (Å²) in [6, 6.07) is 21.8. The molecule has 9 heteroatoms. The average Bonchev–Trinajstić information content (AvgIpc) is 3.19. The lowest BCUT2D eigenvalue weighted by molar-refractivity contribution is -0.114. The number of carbonyl (C=O) groups excluding carboxylic acids is 2. The third-order valence-electron chi connectivity index (χ3n) is 6.33. The maximum absolute atomic E-state index is 13.1. The number of sulfonamides is 1. The molecule has 36 heavy (non-hydrogen) atoms. The van der Waals surface area contributed by atoms with Crippen LogP contribution in [0.25, 0.3) is 11.6 Å². The molecule has 3 aromatic carbocycles. The summed E-state index contributed by atoms with van der Waals surface area (Å²) in [4.78, 5) is 25.9. The summed E-state index contributed by atoms with van der Waals surface area (Å²) in [5.74, 6) is -0.317. The number of nitrogens with zero attached hydrogens (tertiary/aromatic N) is 2. The third kappa shape index (κ3) is 4.75. The number of carbonyl (C=O) groups is 2. The van der Waals surface area contributed by atoms with Crippen LogP contribution in [0.5, 0.6) is 0 Å². The van der Waals surface area contributed by atoms with E-state index >= 15 is 0 Å². The number of piperazine rings is 1. The number of benzene rings is 3. The number of anilines is 3. The summed E-state index contributed by atoms with van der Waals surface area (Å²) >= 11 is 0. The highest BCUT2D eigenvalue weighted by molar-refractivity contribution is 7.89. The molecule has 3 aromatic rings. The van der Waals surface area contributed by atoms with Gasteiger partial charge in [0, 0.05) is 61.3 Å². The molecular weight excluding hydrogens is 476 g/mol. The Kier molecular flexibility index (Phi) is 6.34. The Morgan fingerprint density at radius 3 is 2.25 bits per heavy atom. The van der Waals surface area contributed by atoms with Gasteiger partial charge in [0.2, 0.25) is 15.9 Å². The van der Waals surface area contributed by atoms with Gasteiger partial charge in [-0.05, 0) is 54.1 Å². The predicted molar refractivity (Wildman–Crippen MR) is 141 cm³/mol. The molecular formula is C27H26N4O4S. The molecule has 0 atom stereocenters. The molecule has 5 rings (SSSR count). The highest BCUT2D eigenvalue weighted by Crippen LogP contribution is 2.33. The normalized spacial score (nSPS) is 17.1. The van der Waals surface area contributed by atoms with E-state index in [1.165, 1.54) is 23.4 Å². The molecule has 2 heterocycles. The largest absolute Gasteiger partial charge is 0.369 e. The van der Waals surface area contributed by atoms with Gasteiger partial charge in [0.25, 0.3) is 5.91 Å². The predicted octanol–water partition coefficient (Wildman–Crippen LogP) is 3.65. The van der Waals surface area contributed by atoms with Crippen LogP contribution in [0.3, 0.4) is 0 Å². The van der Waals surface area contributed by atoms with Crippen LogP contribution < -0.4 is 15.5 Å². The fourth-order valence-electron chi connectivity index (χ4n) is 4.48. The lowest BCUT2D eigenvalue weighted by atomic mass is 10.0. The van der Waals surface area contributed by atoms with Crippen molar-refractivity contribution in [1.29, 1.82) is 0 Å². The van der Waals surface area contributed by atoms with Gasteiger partial charge in [0.05, 0.1) is 4.90 Å². The zero-order valence-corrected chi connectivity index (χ0v) is 20.6. The van der Waals surface area contributed by atoms with Gasteiger partial charge in [-0.3, -0.25) is 9.59 Å². The maximum atomic E-state index is 13.1. The van der Waals surface area contributed by atoms with E-state index in [-0.39, 0.29) is 16.7 Å². The van der Waals surface area contributed by atoms with Crippen LogP contribution in [-0.2, 0) is 19.6 Å². The average molecular weight is 503 g/mol. The van der Waals surface area contributed by atoms with E-state index in [4.69, 9.17) is 0 Å². The minimum atomic E-state index is -3.61. The fraction of sp³-hybridized carbons (Fsp3) is 0.185. The molecule has 0 aromatic heterocycles. The highest BCUT2D eigenvalue weighted by atomic mass is 32.2. The molecule has 2 aliphatic heterocycles. The van der Waals surface area contributed by atoms with Gasteiger partial charge in [-0.2, -0.15) is 4.31 Å². The quantitative estimate of drug-likeness (QED) is 0.519. The van der Waals surface area contributed by atoms with Crippen LogP contribution in [0.1, 0.15) is 18.1 Å². The van der Waals surface area contributed by atoms with Crippen LogP contribution in [-0.4, -0.2) is 50.7 Å². The van der Waals surface area contributed by atoms with Crippen molar-refractivity contribution in [2.24, 2.45) is 0 Å². The van der Waals surface area contributed by atoms with Crippen LogP contribution in [0.4, 0.5) is 17.1 Å². The van der Waals surface area contributed by atoms with E-state index in [0.29, 0.717) is 37.4 Å². The molecule has 2 N–H and O–H groups in total. The first-order valence-corrected chi connectivity index (χ1v) is 13.1. The minimum absolute atomic E-state index is 0.109. The summed E-state index contributed by atoms with van der Waals surface area (Å²) in [6.45, 7) is 3.29. The van der Waals surface area contributed by atoms with E-state index < -0.39 is 10.0 Å². The van der Waals surface area contributed by atoms with Crippen LogP contribution >= 0.6 is 0 Å². The van der Waals surface area contributed by atoms with Crippen molar-refractivity contribution in [2.75, 3.05) is 41.7 Å². The molecule has 2 amide bonds. The van der Waals surface area contributed by atoms with Gasteiger partial charge < -0.3 is 15.5 Å². The Balaban J connectivity index is 1.24. The standard InChI is InChI=1S/C27H26N4O4S/c1-19(32)28-21-8-12-23(13-9-21)36(34,35)31-16-14-30(15-17-31)22-10-6-20(7-11-22)18-25-24-4-2-3-5-26(24)29-27(25)33/h2-13,18H,14-17H2,1H3,(H,28,32)(H,29,33)/b25-18-. The Hall–Kier alpha value is -3.95. The first-order valence-electron chi connectivity index (χ1n) is 11.7. The SMILES string of the molecule is CC(=O)Nc1ccc(S(=O)(=O)N2CCN(c3ccc(/C=C4\C(=O)Nc5ccccc54)cc3)CC2)cc1. The molecule has 2 aliphatic rings. The number of hydrogen-bond acceptors (Lipinski definition) is 5. The molecule has 184 valence electrons. The maximum Gasteiger partial charge on any atom is 0.256 e. The molecule has 0 spiro atoms. The minimum Gasteiger partial charge on any atom is -0.369 e.